The molecule has 78 valence electrons. The molecule has 1 saturated heterocycles. The molecule has 0 aliphatic carbocycles. The largest absolute Gasteiger partial charge is 0.307 e. The highest BCUT2D eigenvalue weighted by atomic mass is 32.1. The van der Waals surface area contributed by atoms with E-state index >= 15 is 0 Å². The van der Waals surface area contributed by atoms with E-state index in [-0.39, 0.29) is 5.54 Å². The monoisotopic (exact) mass is 211 g/mol. The highest BCUT2D eigenvalue weighted by Gasteiger charge is 2.42. The minimum Gasteiger partial charge on any atom is -0.307 e. The van der Waals surface area contributed by atoms with Crippen molar-refractivity contribution >= 4 is 11.3 Å². The third-order valence-corrected chi connectivity index (χ3v) is 4.21. The maximum atomic E-state index is 4.44. The molecule has 0 radical (unpaired) electrons. The zero-order chi connectivity index (χ0) is 10.2. The maximum absolute atomic E-state index is 4.44. The van der Waals surface area contributed by atoms with Crippen molar-refractivity contribution in [3.8, 4) is 0 Å². The molecule has 1 aliphatic rings. The van der Waals surface area contributed by atoms with Crippen molar-refractivity contribution in [2.24, 2.45) is 0 Å². The minimum atomic E-state index is 0.0856. The van der Waals surface area contributed by atoms with E-state index in [1.165, 1.54) is 5.01 Å². The summed E-state index contributed by atoms with van der Waals surface area (Å²) in [5.74, 6) is 0. The summed E-state index contributed by atoms with van der Waals surface area (Å²) in [6.07, 6.45) is 3.04. The fourth-order valence-corrected chi connectivity index (χ4v) is 3.06. The molecule has 1 aliphatic heterocycles. The predicted molar refractivity (Wildman–Crippen MR) is 59.6 cm³/mol. The Morgan fingerprint density at radius 2 is 2.50 bits per heavy atom. The average molecular weight is 211 g/mol. The minimum absolute atomic E-state index is 0.0856. The molecule has 2 unspecified atom stereocenters. The number of likely N-dealkylation sites (N-methyl/N-ethyl adjacent to an activating group) is 2. The van der Waals surface area contributed by atoms with E-state index in [1.54, 1.807) is 11.3 Å². The zero-order valence-electron chi connectivity index (χ0n) is 8.95. The lowest BCUT2D eigenvalue weighted by atomic mass is 9.97. The van der Waals surface area contributed by atoms with Crippen LogP contribution in [-0.4, -0.2) is 36.6 Å². The molecule has 14 heavy (non-hydrogen) atoms. The van der Waals surface area contributed by atoms with Crippen molar-refractivity contribution in [3.63, 3.8) is 0 Å². The predicted octanol–water partition coefficient (Wildman–Crippen LogP) is 1.28. The van der Waals surface area contributed by atoms with E-state index in [1.807, 2.05) is 13.2 Å². The van der Waals surface area contributed by atoms with Gasteiger partial charge in [0.2, 0.25) is 0 Å². The summed E-state index contributed by atoms with van der Waals surface area (Å²) >= 11 is 1.75. The second-order valence-corrected chi connectivity index (χ2v) is 5.03. The smallest absolute Gasteiger partial charge is 0.114 e. The zero-order valence-corrected chi connectivity index (χ0v) is 9.77. The third kappa shape index (κ3) is 1.47. The number of rotatable bonds is 2. The van der Waals surface area contributed by atoms with Gasteiger partial charge in [-0.3, -0.25) is 0 Å². The van der Waals surface area contributed by atoms with Gasteiger partial charge in [-0.25, -0.2) is 4.98 Å². The van der Waals surface area contributed by atoms with Gasteiger partial charge >= 0.3 is 0 Å². The number of hydrogen-bond acceptors (Lipinski definition) is 4. The number of thiazole rings is 1. The molecule has 2 rings (SSSR count). The summed E-state index contributed by atoms with van der Waals surface area (Å²) in [7, 11) is 4.21. The van der Waals surface area contributed by atoms with Crippen molar-refractivity contribution in [3.05, 3.63) is 16.6 Å². The summed E-state index contributed by atoms with van der Waals surface area (Å²) in [4.78, 5) is 6.83. The van der Waals surface area contributed by atoms with Gasteiger partial charge in [0.25, 0.3) is 0 Å². The van der Waals surface area contributed by atoms with Gasteiger partial charge in [-0.1, -0.05) is 0 Å². The Hall–Kier alpha value is -0.450. The molecule has 0 bridgehead atoms. The Morgan fingerprint density at radius 1 is 1.71 bits per heavy atom. The first-order chi connectivity index (χ1) is 6.68. The molecular weight excluding hydrogens is 194 g/mol. The van der Waals surface area contributed by atoms with Gasteiger partial charge in [-0.05, 0) is 27.4 Å². The lowest BCUT2D eigenvalue weighted by molar-refractivity contribution is 0.307. The molecule has 0 spiro atoms. The molecule has 1 N–H and O–H groups in total. The molecule has 1 fully saturated rings. The van der Waals surface area contributed by atoms with Gasteiger partial charge in [0.1, 0.15) is 5.01 Å². The summed E-state index contributed by atoms with van der Waals surface area (Å²) in [5.41, 5.74) is 0.0856. The number of aromatic nitrogens is 1. The maximum Gasteiger partial charge on any atom is 0.114 e. The van der Waals surface area contributed by atoms with Gasteiger partial charge in [0.15, 0.2) is 0 Å². The van der Waals surface area contributed by atoms with Crippen LogP contribution in [0.25, 0.3) is 0 Å². The van der Waals surface area contributed by atoms with Crippen LogP contribution in [0.3, 0.4) is 0 Å². The van der Waals surface area contributed by atoms with Crippen LogP contribution in [0, 0.1) is 0 Å². The quantitative estimate of drug-likeness (QED) is 0.799. The van der Waals surface area contributed by atoms with Gasteiger partial charge in [0, 0.05) is 24.2 Å². The topological polar surface area (TPSA) is 28.2 Å². The van der Waals surface area contributed by atoms with Crippen molar-refractivity contribution in [1.29, 1.82) is 0 Å². The lowest BCUT2D eigenvalue weighted by Gasteiger charge is -2.25. The number of nitrogens with one attached hydrogen (secondary N) is 1. The number of hydrogen-bond donors (Lipinski definition) is 1. The van der Waals surface area contributed by atoms with Gasteiger partial charge in [-0.2, -0.15) is 0 Å². The molecule has 3 nitrogen and oxygen atoms in total. The number of nitrogens with zero attached hydrogens (tertiary/aromatic N) is 2. The Bertz CT molecular complexity index is 286. The van der Waals surface area contributed by atoms with Crippen LogP contribution in [0.5, 0.6) is 0 Å². The van der Waals surface area contributed by atoms with Gasteiger partial charge < -0.3 is 10.2 Å². The normalized spacial score (nSPS) is 33.8. The van der Waals surface area contributed by atoms with E-state index in [4.69, 9.17) is 0 Å². The van der Waals surface area contributed by atoms with Crippen molar-refractivity contribution in [1.82, 2.24) is 15.2 Å². The standard InChI is InChI=1S/C10H17N3S/c1-8-6-10(11-2,7-13(8)3)9-12-4-5-14-9/h4-5,8,11H,6-7H2,1-3H3. The molecule has 4 heteroatoms. The second kappa shape index (κ2) is 3.61. The molecule has 0 saturated carbocycles. The molecule has 2 atom stereocenters. The Morgan fingerprint density at radius 3 is 2.93 bits per heavy atom. The van der Waals surface area contributed by atoms with E-state index in [9.17, 15) is 0 Å². The second-order valence-electron chi connectivity index (χ2n) is 4.14. The van der Waals surface area contributed by atoms with Crippen LogP contribution in [0.1, 0.15) is 18.4 Å². The van der Waals surface area contributed by atoms with Crippen LogP contribution in [0.4, 0.5) is 0 Å². The van der Waals surface area contributed by atoms with E-state index in [0.717, 1.165) is 13.0 Å². The summed E-state index contributed by atoms with van der Waals surface area (Å²) < 4.78 is 0. The summed E-state index contributed by atoms with van der Waals surface area (Å²) in [6.45, 7) is 3.32. The third-order valence-electron chi connectivity index (χ3n) is 3.24. The summed E-state index contributed by atoms with van der Waals surface area (Å²) in [6, 6.07) is 0.631. The fraction of sp³-hybridized carbons (Fsp3) is 0.700. The SMILES string of the molecule is CNC1(c2nccs2)CC(C)N(C)C1. The average Bonchev–Trinajstić information content (AvgIpc) is 2.76. The van der Waals surface area contributed by atoms with Crippen molar-refractivity contribution < 1.29 is 0 Å². The highest BCUT2D eigenvalue weighted by molar-refractivity contribution is 7.09. The van der Waals surface area contributed by atoms with Crippen LogP contribution in [0.2, 0.25) is 0 Å². The number of likely N-dealkylation sites (tertiary alicyclic amines) is 1. The molecule has 1 aromatic heterocycles. The van der Waals surface area contributed by atoms with E-state index in [0.29, 0.717) is 6.04 Å². The van der Waals surface area contributed by atoms with Crippen molar-refractivity contribution in [2.75, 3.05) is 20.6 Å². The van der Waals surface area contributed by atoms with E-state index < -0.39 is 0 Å². The lowest BCUT2D eigenvalue weighted by Crippen LogP contribution is -2.42. The fourth-order valence-electron chi connectivity index (χ4n) is 2.21. The molecular formula is C10H17N3S. The summed E-state index contributed by atoms with van der Waals surface area (Å²) in [5, 5.41) is 6.72. The first kappa shape index (κ1) is 10.1. The Balaban J connectivity index is 2.29. The molecule has 2 heterocycles. The van der Waals surface area contributed by atoms with Crippen LogP contribution < -0.4 is 5.32 Å². The first-order valence-corrected chi connectivity index (χ1v) is 5.85. The van der Waals surface area contributed by atoms with Crippen LogP contribution in [0.15, 0.2) is 11.6 Å². The molecule has 1 aromatic rings. The Kier molecular flexibility index (Phi) is 2.60. The molecule has 0 aromatic carbocycles. The highest BCUT2D eigenvalue weighted by Crippen LogP contribution is 2.35. The van der Waals surface area contributed by atoms with Crippen LogP contribution >= 0.6 is 11.3 Å². The Labute approximate surface area is 89.1 Å². The van der Waals surface area contributed by atoms with Gasteiger partial charge in [-0.15, -0.1) is 11.3 Å². The van der Waals surface area contributed by atoms with E-state index in [2.05, 4.69) is 34.6 Å². The first-order valence-electron chi connectivity index (χ1n) is 4.97. The molecule has 0 amide bonds. The van der Waals surface area contributed by atoms with Gasteiger partial charge in [0.05, 0.1) is 5.54 Å². The van der Waals surface area contributed by atoms with Crippen LogP contribution in [-0.2, 0) is 5.54 Å². The van der Waals surface area contributed by atoms with Crippen molar-refractivity contribution in [2.45, 2.75) is 24.9 Å².